The van der Waals surface area contributed by atoms with E-state index >= 15 is 0 Å². The Labute approximate surface area is 111 Å². The van der Waals surface area contributed by atoms with Crippen LogP contribution in [0.1, 0.15) is 5.56 Å². The van der Waals surface area contributed by atoms with Gasteiger partial charge in [-0.05, 0) is 42.5 Å². The molecular weight excluding hydrogens is 246 g/mol. The lowest BCUT2D eigenvalue weighted by atomic mass is 10.1. The molecule has 90 valence electrons. The van der Waals surface area contributed by atoms with Gasteiger partial charge in [0.1, 0.15) is 0 Å². The molecule has 0 aliphatic carbocycles. The second-order valence-corrected chi connectivity index (χ2v) is 4.36. The monoisotopic (exact) mass is 257 g/mol. The van der Waals surface area contributed by atoms with Crippen molar-refractivity contribution in [3.05, 3.63) is 53.1 Å². The first-order chi connectivity index (χ1) is 8.61. The SMILES string of the molecule is CN(c1ccc(Cl)cc1)c1ccc(C#N)cc1N. The van der Waals surface area contributed by atoms with Crippen molar-refractivity contribution in [2.75, 3.05) is 17.7 Å². The van der Waals surface area contributed by atoms with Crippen LogP contribution in [-0.4, -0.2) is 7.05 Å². The fourth-order valence-electron chi connectivity index (χ4n) is 1.73. The van der Waals surface area contributed by atoms with Crippen LogP contribution in [0.4, 0.5) is 17.1 Å². The van der Waals surface area contributed by atoms with Crippen LogP contribution in [0, 0.1) is 11.3 Å². The Balaban J connectivity index is 2.37. The summed E-state index contributed by atoms with van der Waals surface area (Å²) in [5.74, 6) is 0. The number of hydrogen-bond acceptors (Lipinski definition) is 3. The maximum Gasteiger partial charge on any atom is 0.0992 e. The highest BCUT2D eigenvalue weighted by Crippen LogP contribution is 2.30. The van der Waals surface area contributed by atoms with Gasteiger partial charge in [-0.2, -0.15) is 5.26 Å². The molecule has 0 amide bonds. The molecule has 0 atom stereocenters. The first-order valence-corrected chi connectivity index (χ1v) is 5.78. The summed E-state index contributed by atoms with van der Waals surface area (Å²) in [7, 11) is 1.92. The number of nitrogens with two attached hydrogens (primary N) is 1. The summed E-state index contributed by atoms with van der Waals surface area (Å²) < 4.78 is 0. The van der Waals surface area contributed by atoms with Crippen LogP contribution in [-0.2, 0) is 0 Å². The Kier molecular flexibility index (Phi) is 3.40. The van der Waals surface area contributed by atoms with Gasteiger partial charge >= 0.3 is 0 Å². The molecule has 0 fully saturated rings. The smallest absolute Gasteiger partial charge is 0.0992 e. The van der Waals surface area contributed by atoms with Crippen LogP contribution in [0.5, 0.6) is 0 Å². The standard InChI is InChI=1S/C14H12ClN3/c1-18(12-5-3-11(15)4-6-12)14-7-2-10(9-16)8-13(14)17/h2-8H,17H2,1H3. The van der Waals surface area contributed by atoms with Gasteiger partial charge < -0.3 is 10.6 Å². The van der Waals surface area contributed by atoms with Gasteiger partial charge in [0.05, 0.1) is 23.0 Å². The summed E-state index contributed by atoms with van der Waals surface area (Å²) in [6.07, 6.45) is 0. The van der Waals surface area contributed by atoms with Crippen molar-refractivity contribution in [3.63, 3.8) is 0 Å². The predicted molar refractivity (Wildman–Crippen MR) is 75.1 cm³/mol. The average molecular weight is 258 g/mol. The van der Waals surface area contributed by atoms with Crippen molar-refractivity contribution in [1.82, 2.24) is 0 Å². The minimum atomic E-state index is 0.556. The summed E-state index contributed by atoms with van der Waals surface area (Å²) in [5, 5.41) is 9.50. The zero-order chi connectivity index (χ0) is 13.1. The van der Waals surface area contributed by atoms with Crippen LogP contribution in [0.15, 0.2) is 42.5 Å². The maximum atomic E-state index is 8.81. The third-order valence-electron chi connectivity index (χ3n) is 2.73. The molecule has 0 bridgehead atoms. The molecule has 2 N–H and O–H groups in total. The largest absolute Gasteiger partial charge is 0.397 e. The van der Waals surface area contributed by atoms with Gasteiger partial charge in [0.25, 0.3) is 0 Å². The van der Waals surface area contributed by atoms with E-state index in [0.717, 1.165) is 11.4 Å². The number of anilines is 3. The molecular formula is C14H12ClN3. The Hall–Kier alpha value is -2.18. The molecule has 18 heavy (non-hydrogen) atoms. The van der Waals surface area contributed by atoms with E-state index in [9.17, 15) is 0 Å². The molecule has 4 heteroatoms. The van der Waals surface area contributed by atoms with Crippen molar-refractivity contribution in [1.29, 1.82) is 5.26 Å². The second kappa shape index (κ2) is 4.99. The highest BCUT2D eigenvalue weighted by Gasteiger charge is 2.08. The molecule has 0 aliphatic rings. The van der Waals surface area contributed by atoms with Crippen LogP contribution < -0.4 is 10.6 Å². The highest BCUT2D eigenvalue weighted by atomic mass is 35.5. The Morgan fingerprint density at radius 3 is 2.39 bits per heavy atom. The maximum absolute atomic E-state index is 8.81. The molecule has 0 unspecified atom stereocenters. The number of hydrogen-bond donors (Lipinski definition) is 1. The van der Waals surface area contributed by atoms with Gasteiger partial charge in [0, 0.05) is 17.8 Å². The van der Waals surface area contributed by atoms with Gasteiger partial charge in [-0.1, -0.05) is 11.6 Å². The van der Waals surface area contributed by atoms with Crippen LogP contribution in [0.3, 0.4) is 0 Å². The summed E-state index contributed by atoms with van der Waals surface area (Å²) >= 11 is 5.85. The summed E-state index contributed by atoms with van der Waals surface area (Å²) in [6, 6.07) is 14.8. The van der Waals surface area contributed by atoms with Gasteiger partial charge in [0.15, 0.2) is 0 Å². The number of nitrogens with zero attached hydrogens (tertiary/aromatic N) is 2. The number of halogens is 1. The Morgan fingerprint density at radius 2 is 1.83 bits per heavy atom. The number of nitriles is 1. The van der Waals surface area contributed by atoms with Gasteiger partial charge in [-0.15, -0.1) is 0 Å². The van der Waals surface area contributed by atoms with E-state index in [4.69, 9.17) is 22.6 Å². The average Bonchev–Trinajstić information content (AvgIpc) is 2.38. The van der Waals surface area contributed by atoms with Gasteiger partial charge in [-0.25, -0.2) is 0 Å². The third-order valence-corrected chi connectivity index (χ3v) is 2.98. The molecule has 3 nitrogen and oxygen atoms in total. The highest BCUT2D eigenvalue weighted by molar-refractivity contribution is 6.30. The molecule has 0 aliphatic heterocycles. The van der Waals surface area contributed by atoms with Crippen molar-refractivity contribution in [3.8, 4) is 6.07 Å². The van der Waals surface area contributed by atoms with E-state index in [2.05, 4.69) is 6.07 Å². The molecule has 2 rings (SSSR count). The molecule has 0 spiro atoms. The van der Waals surface area contributed by atoms with E-state index in [-0.39, 0.29) is 0 Å². The topological polar surface area (TPSA) is 53.0 Å². The Morgan fingerprint density at radius 1 is 1.17 bits per heavy atom. The van der Waals surface area contributed by atoms with Crippen molar-refractivity contribution in [2.24, 2.45) is 0 Å². The van der Waals surface area contributed by atoms with E-state index < -0.39 is 0 Å². The number of benzene rings is 2. The summed E-state index contributed by atoms with van der Waals surface area (Å²) in [6.45, 7) is 0. The summed E-state index contributed by atoms with van der Waals surface area (Å²) in [4.78, 5) is 1.95. The minimum Gasteiger partial charge on any atom is -0.397 e. The van der Waals surface area contributed by atoms with Crippen LogP contribution in [0.25, 0.3) is 0 Å². The molecule has 2 aromatic carbocycles. The first kappa shape index (κ1) is 12.3. The summed E-state index contributed by atoms with van der Waals surface area (Å²) in [5.41, 5.74) is 8.92. The van der Waals surface area contributed by atoms with E-state index in [1.54, 1.807) is 12.1 Å². The Bertz CT molecular complexity index is 599. The zero-order valence-corrected chi connectivity index (χ0v) is 10.6. The zero-order valence-electron chi connectivity index (χ0n) is 9.89. The van der Waals surface area contributed by atoms with E-state index in [1.165, 1.54) is 0 Å². The van der Waals surface area contributed by atoms with Crippen molar-refractivity contribution < 1.29 is 0 Å². The fourth-order valence-corrected chi connectivity index (χ4v) is 1.86. The van der Waals surface area contributed by atoms with E-state index in [0.29, 0.717) is 16.3 Å². The van der Waals surface area contributed by atoms with Crippen LogP contribution in [0.2, 0.25) is 5.02 Å². The predicted octanol–water partition coefficient (Wildman–Crippen LogP) is 3.56. The molecule has 0 heterocycles. The number of rotatable bonds is 2. The van der Waals surface area contributed by atoms with Crippen molar-refractivity contribution in [2.45, 2.75) is 0 Å². The number of nitrogen functional groups attached to an aromatic ring is 1. The molecule has 0 saturated heterocycles. The fraction of sp³-hybridized carbons (Fsp3) is 0.0714. The van der Waals surface area contributed by atoms with E-state index in [1.807, 2.05) is 42.3 Å². The normalized spacial score (nSPS) is 9.83. The second-order valence-electron chi connectivity index (χ2n) is 3.92. The molecule has 2 aromatic rings. The third kappa shape index (κ3) is 2.39. The molecule has 0 radical (unpaired) electrons. The lowest BCUT2D eigenvalue weighted by Crippen LogP contribution is -2.11. The van der Waals surface area contributed by atoms with Crippen molar-refractivity contribution >= 4 is 28.7 Å². The lowest BCUT2D eigenvalue weighted by molar-refractivity contribution is 1.21. The first-order valence-electron chi connectivity index (χ1n) is 5.41. The van der Waals surface area contributed by atoms with Crippen LogP contribution >= 0.6 is 11.6 Å². The van der Waals surface area contributed by atoms with Gasteiger partial charge in [-0.3, -0.25) is 0 Å². The quantitative estimate of drug-likeness (QED) is 0.837. The van der Waals surface area contributed by atoms with Gasteiger partial charge in [0.2, 0.25) is 0 Å². The minimum absolute atomic E-state index is 0.556. The lowest BCUT2D eigenvalue weighted by Gasteiger charge is -2.21. The molecule has 0 saturated carbocycles. The molecule has 0 aromatic heterocycles.